The maximum absolute atomic E-state index is 12.1. The minimum Gasteiger partial charge on any atom is -0.466 e. The largest absolute Gasteiger partial charge is 0.466 e. The average molecular weight is 354 g/mol. The molecule has 2 N–H and O–H groups in total. The summed E-state index contributed by atoms with van der Waals surface area (Å²) in [6, 6.07) is 1.68. The molecule has 0 saturated carbocycles. The van der Waals surface area contributed by atoms with Gasteiger partial charge >= 0.3 is 0 Å². The molecule has 2 aromatic heterocycles. The van der Waals surface area contributed by atoms with Gasteiger partial charge in [-0.25, -0.2) is 0 Å². The van der Waals surface area contributed by atoms with E-state index < -0.39 is 0 Å². The highest BCUT2D eigenvalue weighted by Crippen LogP contribution is 2.26. The number of carbonyl (C=O) groups excluding carboxylic acids is 2. The Morgan fingerprint density at radius 3 is 2.78 bits per heavy atom. The van der Waals surface area contributed by atoms with Crippen molar-refractivity contribution in [2.75, 3.05) is 17.6 Å². The summed E-state index contributed by atoms with van der Waals surface area (Å²) in [4.78, 5) is 23.7. The molecule has 124 valence electrons. The second-order valence-electron chi connectivity index (χ2n) is 4.79. The highest BCUT2D eigenvalue weighted by Gasteiger charge is 2.16. The zero-order chi connectivity index (χ0) is 16.8. The van der Waals surface area contributed by atoms with Crippen LogP contribution in [0.1, 0.15) is 35.2 Å². The molecule has 0 atom stereocenters. The second kappa shape index (κ2) is 8.11. The summed E-state index contributed by atoms with van der Waals surface area (Å²) >= 11 is 2.53. The molecule has 0 aromatic carbocycles. The number of hydrogen-bond acceptors (Lipinski definition) is 7. The number of hydrogen-bond donors (Lipinski definition) is 2. The molecular formula is C14H18N4O3S2. The van der Waals surface area contributed by atoms with Gasteiger partial charge in [-0.05, 0) is 26.3 Å². The Labute approximate surface area is 142 Å². The number of thioether (sulfide) groups is 1. The average Bonchev–Trinajstić information content (AvgIpc) is 3.09. The lowest BCUT2D eigenvalue weighted by Crippen LogP contribution is -2.25. The standard InChI is InChI=1S/C14H18N4O3S2/c1-4-5-15-11(19)7-22-14-18-17-13(23-14)16-12(20)10-6-8(2)21-9(10)3/h6H,4-5,7H2,1-3H3,(H,15,19)(H,16,17,20). The van der Waals surface area contributed by atoms with Crippen LogP contribution in [-0.2, 0) is 4.79 Å². The third-order valence-corrected chi connectivity index (χ3v) is 4.78. The van der Waals surface area contributed by atoms with E-state index in [0.717, 1.165) is 6.42 Å². The van der Waals surface area contributed by atoms with E-state index in [9.17, 15) is 9.59 Å². The molecule has 0 fully saturated rings. The van der Waals surface area contributed by atoms with Gasteiger partial charge in [0.2, 0.25) is 11.0 Å². The van der Waals surface area contributed by atoms with Crippen LogP contribution < -0.4 is 10.6 Å². The predicted molar refractivity (Wildman–Crippen MR) is 90.1 cm³/mol. The first-order chi connectivity index (χ1) is 11.0. The third-order valence-electron chi connectivity index (χ3n) is 2.81. The molecule has 0 bridgehead atoms. The van der Waals surface area contributed by atoms with Gasteiger partial charge in [0.05, 0.1) is 11.3 Å². The van der Waals surface area contributed by atoms with Crippen LogP contribution in [0.2, 0.25) is 0 Å². The number of nitrogens with one attached hydrogen (secondary N) is 2. The number of nitrogens with zero attached hydrogens (tertiary/aromatic N) is 2. The van der Waals surface area contributed by atoms with Gasteiger partial charge in [0.25, 0.3) is 5.91 Å². The SMILES string of the molecule is CCCNC(=O)CSc1nnc(NC(=O)c2cc(C)oc2C)s1. The number of amides is 2. The number of carbonyl (C=O) groups is 2. The zero-order valence-electron chi connectivity index (χ0n) is 13.1. The number of furan rings is 1. The zero-order valence-corrected chi connectivity index (χ0v) is 14.8. The summed E-state index contributed by atoms with van der Waals surface area (Å²) in [6.45, 7) is 6.18. The molecule has 0 aliphatic heterocycles. The smallest absolute Gasteiger partial charge is 0.261 e. The molecule has 2 heterocycles. The molecule has 7 nitrogen and oxygen atoms in total. The fourth-order valence-corrected chi connectivity index (χ4v) is 3.36. The van der Waals surface area contributed by atoms with Crippen LogP contribution in [-0.4, -0.2) is 34.3 Å². The highest BCUT2D eigenvalue weighted by molar-refractivity contribution is 8.01. The van der Waals surface area contributed by atoms with Crippen molar-refractivity contribution in [1.29, 1.82) is 0 Å². The Morgan fingerprint density at radius 2 is 2.13 bits per heavy atom. The fraction of sp³-hybridized carbons (Fsp3) is 0.429. The lowest BCUT2D eigenvalue weighted by Gasteiger charge is -2.00. The molecule has 2 rings (SSSR count). The van der Waals surface area contributed by atoms with E-state index in [1.165, 1.54) is 23.1 Å². The molecule has 0 aliphatic carbocycles. The quantitative estimate of drug-likeness (QED) is 0.586. The van der Waals surface area contributed by atoms with E-state index in [1.54, 1.807) is 19.9 Å². The fourth-order valence-electron chi connectivity index (χ4n) is 1.78. The van der Waals surface area contributed by atoms with Crippen molar-refractivity contribution in [3.63, 3.8) is 0 Å². The predicted octanol–water partition coefficient (Wildman–Crippen LogP) is 2.62. The summed E-state index contributed by atoms with van der Waals surface area (Å²) in [5, 5.41) is 13.7. The second-order valence-corrected chi connectivity index (χ2v) is 6.99. The van der Waals surface area contributed by atoms with Crippen LogP contribution in [0.5, 0.6) is 0 Å². The van der Waals surface area contributed by atoms with Crippen molar-refractivity contribution in [3.8, 4) is 0 Å². The lowest BCUT2D eigenvalue weighted by molar-refractivity contribution is -0.118. The molecule has 2 aromatic rings. The first-order valence-corrected chi connectivity index (χ1v) is 8.91. The Balaban J connectivity index is 1.88. The van der Waals surface area contributed by atoms with Crippen LogP contribution in [0.15, 0.2) is 14.8 Å². The Bertz CT molecular complexity index is 696. The number of aryl methyl sites for hydroxylation is 2. The van der Waals surface area contributed by atoms with Gasteiger partial charge in [-0.1, -0.05) is 30.0 Å². The van der Waals surface area contributed by atoms with Crippen LogP contribution in [0.25, 0.3) is 0 Å². The van der Waals surface area contributed by atoms with Gasteiger partial charge < -0.3 is 9.73 Å². The van der Waals surface area contributed by atoms with Gasteiger partial charge in [-0.2, -0.15) is 0 Å². The monoisotopic (exact) mass is 354 g/mol. The maximum atomic E-state index is 12.1. The Morgan fingerprint density at radius 1 is 1.35 bits per heavy atom. The molecular weight excluding hydrogens is 336 g/mol. The number of anilines is 1. The summed E-state index contributed by atoms with van der Waals surface area (Å²) in [5.41, 5.74) is 0.478. The number of rotatable bonds is 7. The summed E-state index contributed by atoms with van der Waals surface area (Å²) in [6.07, 6.45) is 0.901. The van der Waals surface area contributed by atoms with Crippen LogP contribution in [0.4, 0.5) is 5.13 Å². The van der Waals surface area contributed by atoms with E-state index in [0.29, 0.717) is 33.1 Å². The van der Waals surface area contributed by atoms with Gasteiger partial charge in [-0.15, -0.1) is 10.2 Å². The molecule has 23 heavy (non-hydrogen) atoms. The Kier molecular flexibility index (Phi) is 6.17. The van der Waals surface area contributed by atoms with Gasteiger partial charge in [0, 0.05) is 6.54 Å². The van der Waals surface area contributed by atoms with Gasteiger partial charge in [-0.3, -0.25) is 14.9 Å². The molecule has 9 heteroatoms. The summed E-state index contributed by atoms with van der Waals surface area (Å²) in [5.74, 6) is 1.20. The van der Waals surface area contributed by atoms with E-state index in [-0.39, 0.29) is 17.6 Å². The Hall–Kier alpha value is -1.87. The first-order valence-electron chi connectivity index (χ1n) is 7.11. The first kappa shape index (κ1) is 17.5. The van der Waals surface area contributed by atoms with Crippen molar-refractivity contribution in [1.82, 2.24) is 15.5 Å². The molecule has 0 spiro atoms. The summed E-state index contributed by atoms with van der Waals surface area (Å²) in [7, 11) is 0. The van der Waals surface area contributed by atoms with Crippen molar-refractivity contribution in [2.24, 2.45) is 0 Å². The van der Waals surface area contributed by atoms with Gasteiger partial charge in [0.1, 0.15) is 11.5 Å². The maximum Gasteiger partial charge on any atom is 0.261 e. The minimum atomic E-state index is -0.285. The van der Waals surface area contributed by atoms with E-state index >= 15 is 0 Å². The van der Waals surface area contributed by atoms with E-state index in [1.807, 2.05) is 6.92 Å². The van der Waals surface area contributed by atoms with Crippen LogP contribution in [0, 0.1) is 13.8 Å². The van der Waals surface area contributed by atoms with Crippen molar-refractivity contribution in [2.45, 2.75) is 31.5 Å². The molecule has 0 saturated heterocycles. The summed E-state index contributed by atoms with van der Waals surface area (Å²) < 4.78 is 5.97. The van der Waals surface area contributed by atoms with Crippen molar-refractivity contribution >= 4 is 40.0 Å². The van der Waals surface area contributed by atoms with Crippen molar-refractivity contribution in [3.05, 3.63) is 23.2 Å². The topological polar surface area (TPSA) is 97.1 Å². The highest BCUT2D eigenvalue weighted by atomic mass is 32.2. The molecule has 0 unspecified atom stereocenters. The lowest BCUT2D eigenvalue weighted by atomic mass is 10.2. The van der Waals surface area contributed by atoms with E-state index in [2.05, 4.69) is 20.8 Å². The molecule has 0 radical (unpaired) electrons. The van der Waals surface area contributed by atoms with Crippen LogP contribution >= 0.6 is 23.1 Å². The van der Waals surface area contributed by atoms with E-state index in [4.69, 9.17) is 4.42 Å². The molecule has 0 aliphatic rings. The van der Waals surface area contributed by atoms with Gasteiger partial charge in [0.15, 0.2) is 4.34 Å². The minimum absolute atomic E-state index is 0.0397. The third kappa shape index (κ3) is 5.07. The molecule has 2 amide bonds. The van der Waals surface area contributed by atoms with Crippen molar-refractivity contribution < 1.29 is 14.0 Å². The van der Waals surface area contributed by atoms with Crippen LogP contribution in [0.3, 0.4) is 0 Å². The normalized spacial score (nSPS) is 10.6. The number of aromatic nitrogens is 2.